The third kappa shape index (κ3) is 6.90. The maximum Gasteiger partial charge on any atom is 2.00 e. The summed E-state index contributed by atoms with van der Waals surface area (Å²) in [6, 6.07) is 78.0. The number of fused-ring (bicyclic) bond motifs is 2. The Balaban J connectivity index is 0.00000449. The molecule has 0 aliphatic carbocycles. The van der Waals surface area contributed by atoms with Gasteiger partial charge in [0.15, 0.2) is 0 Å². The topological polar surface area (TPSA) is 41.5 Å². The molecule has 2 aromatic heterocycles. The van der Waals surface area contributed by atoms with Crippen molar-refractivity contribution in [2.45, 2.75) is 5.41 Å². The molecule has 0 unspecified atom stereocenters. The first-order valence-electron chi connectivity index (χ1n) is 19.3. The van der Waals surface area contributed by atoms with Crippen molar-refractivity contribution >= 4 is 34.1 Å². The number of para-hydroxylation sites is 5. The van der Waals surface area contributed by atoms with E-state index in [4.69, 9.17) is 14.7 Å². The van der Waals surface area contributed by atoms with Crippen molar-refractivity contribution < 1.29 is 25.8 Å². The first-order valence-corrected chi connectivity index (χ1v) is 19.3. The maximum absolute atomic E-state index is 6.66. The smallest absolute Gasteiger partial charge is 0.503 e. The van der Waals surface area contributed by atoms with Gasteiger partial charge in [-0.3, -0.25) is 4.98 Å². The molecule has 5 nitrogen and oxygen atoms in total. The minimum Gasteiger partial charge on any atom is -0.503 e. The molecule has 1 aliphatic heterocycles. The van der Waals surface area contributed by atoms with E-state index in [0.717, 1.165) is 67.8 Å². The second-order valence-corrected chi connectivity index (χ2v) is 14.0. The van der Waals surface area contributed by atoms with Crippen LogP contribution in [0.25, 0.3) is 11.3 Å². The van der Waals surface area contributed by atoms with Crippen LogP contribution < -0.4 is 14.5 Å². The SMILES string of the molecule is [Pt+2].[c-]1c(Oc2[c-]c(C3(c4ccccn4)c4ccccc4N(c4ccccc4)c4ccccc43)ccc2)cccc1-c1cc(N(c2ccccc2)c2ccccc2)ccn1. The molecule has 0 saturated carbocycles. The van der Waals surface area contributed by atoms with E-state index >= 15 is 0 Å². The predicted octanol–water partition coefficient (Wildman–Crippen LogP) is 13.2. The average molecular weight is 940 g/mol. The molecule has 3 heterocycles. The summed E-state index contributed by atoms with van der Waals surface area (Å²) in [5.74, 6) is 1.13. The number of nitrogens with zero attached hydrogens (tertiary/aromatic N) is 4. The van der Waals surface area contributed by atoms with Gasteiger partial charge in [-0.2, -0.15) is 12.1 Å². The van der Waals surface area contributed by atoms with Gasteiger partial charge in [-0.05, 0) is 83.6 Å². The number of aromatic nitrogens is 2. The van der Waals surface area contributed by atoms with Gasteiger partial charge in [0.05, 0.1) is 22.5 Å². The summed E-state index contributed by atoms with van der Waals surface area (Å²) in [7, 11) is 0. The van der Waals surface area contributed by atoms with E-state index < -0.39 is 5.41 Å². The Hall–Kier alpha value is -7.07. The molecule has 0 radical (unpaired) electrons. The Morgan fingerprint density at radius 3 is 1.69 bits per heavy atom. The van der Waals surface area contributed by atoms with Crippen LogP contribution >= 0.6 is 0 Å². The van der Waals surface area contributed by atoms with Crippen molar-refractivity contribution in [2.75, 3.05) is 9.80 Å². The molecular formula is C53H36N4OPt. The zero-order valence-electron chi connectivity index (χ0n) is 31.8. The van der Waals surface area contributed by atoms with Crippen LogP contribution in [0.2, 0.25) is 0 Å². The Labute approximate surface area is 359 Å². The molecule has 7 aromatic carbocycles. The van der Waals surface area contributed by atoms with Gasteiger partial charge < -0.3 is 19.5 Å². The molecule has 1 aliphatic rings. The molecule has 284 valence electrons. The second kappa shape index (κ2) is 16.4. The summed E-state index contributed by atoms with van der Waals surface area (Å²) in [6.07, 6.45) is 3.71. The zero-order valence-corrected chi connectivity index (χ0v) is 34.1. The van der Waals surface area contributed by atoms with Crippen LogP contribution in [-0.4, -0.2) is 9.97 Å². The number of hydrogen-bond acceptors (Lipinski definition) is 5. The summed E-state index contributed by atoms with van der Waals surface area (Å²) < 4.78 is 6.66. The second-order valence-electron chi connectivity index (χ2n) is 14.0. The Kier molecular flexibility index (Phi) is 10.4. The molecule has 0 atom stereocenters. The van der Waals surface area contributed by atoms with Crippen molar-refractivity contribution in [1.29, 1.82) is 0 Å². The Morgan fingerprint density at radius 1 is 0.475 bits per heavy atom. The molecule has 0 bridgehead atoms. The van der Waals surface area contributed by atoms with Gasteiger partial charge >= 0.3 is 21.1 Å². The van der Waals surface area contributed by atoms with Crippen LogP contribution in [0.15, 0.2) is 219 Å². The van der Waals surface area contributed by atoms with Crippen molar-refractivity contribution in [2.24, 2.45) is 0 Å². The van der Waals surface area contributed by atoms with Crippen LogP contribution in [0.4, 0.5) is 34.1 Å². The summed E-state index contributed by atoms with van der Waals surface area (Å²) in [5.41, 5.74) is 11.2. The molecule has 0 spiro atoms. The Bertz CT molecular complexity index is 2750. The molecule has 0 fully saturated rings. The van der Waals surface area contributed by atoms with E-state index in [1.165, 1.54) is 0 Å². The minimum atomic E-state index is -0.807. The third-order valence-electron chi connectivity index (χ3n) is 10.6. The first-order chi connectivity index (χ1) is 28.8. The third-order valence-corrected chi connectivity index (χ3v) is 10.6. The predicted molar refractivity (Wildman–Crippen MR) is 233 cm³/mol. The van der Waals surface area contributed by atoms with E-state index in [2.05, 4.69) is 174 Å². The van der Waals surface area contributed by atoms with E-state index in [1.54, 1.807) is 0 Å². The van der Waals surface area contributed by atoms with Gasteiger partial charge in [-0.1, -0.05) is 109 Å². The van der Waals surface area contributed by atoms with E-state index in [-0.39, 0.29) is 21.1 Å². The molecule has 0 N–H and O–H groups in total. The van der Waals surface area contributed by atoms with Crippen molar-refractivity contribution in [3.8, 4) is 22.8 Å². The number of anilines is 6. The monoisotopic (exact) mass is 939 g/mol. The molecule has 9 aromatic rings. The fraction of sp³-hybridized carbons (Fsp3) is 0.0189. The number of benzene rings is 7. The fourth-order valence-corrected chi connectivity index (χ4v) is 8.20. The number of rotatable bonds is 9. The van der Waals surface area contributed by atoms with Gasteiger partial charge in [-0.25, -0.2) is 0 Å². The van der Waals surface area contributed by atoms with E-state index in [9.17, 15) is 0 Å². The van der Waals surface area contributed by atoms with Crippen LogP contribution in [-0.2, 0) is 26.5 Å². The molecular weight excluding hydrogens is 904 g/mol. The molecule has 10 rings (SSSR count). The van der Waals surface area contributed by atoms with Crippen molar-refractivity contribution in [3.63, 3.8) is 0 Å². The van der Waals surface area contributed by atoms with Gasteiger partial charge in [0.25, 0.3) is 0 Å². The van der Waals surface area contributed by atoms with Crippen molar-refractivity contribution in [3.05, 3.63) is 253 Å². The van der Waals surface area contributed by atoms with Gasteiger partial charge in [-0.15, -0.1) is 41.5 Å². The number of pyridine rings is 2. The van der Waals surface area contributed by atoms with Gasteiger partial charge in [0.1, 0.15) is 0 Å². The summed E-state index contributed by atoms with van der Waals surface area (Å²) >= 11 is 0. The van der Waals surface area contributed by atoms with Crippen LogP contribution in [0, 0.1) is 12.1 Å². The van der Waals surface area contributed by atoms with Crippen LogP contribution in [0.3, 0.4) is 0 Å². The van der Waals surface area contributed by atoms with E-state index in [1.807, 2.05) is 67.0 Å². The van der Waals surface area contributed by atoms with Crippen LogP contribution in [0.5, 0.6) is 11.5 Å². The zero-order chi connectivity index (χ0) is 38.7. The molecule has 0 saturated heterocycles. The van der Waals surface area contributed by atoms with Gasteiger partial charge in [0, 0.05) is 46.6 Å². The standard InChI is InChI=1S/C53H36N4O.Pt/c1-4-20-41(21-5-1)56(42-22-6-2-7-23-42)44-33-35-54-49(38-44)39-18-16-26-45(36-39)58-46-27-17-19-40(37-46)53(52-32-14-15-34-55-52)47-28-10-12-30-50(47)57(43-24-8-3-9-25-43)51-31-13-11-29-48(51)53;/h1-35,38H;/q-2;+2. The summed E-state index contributed by atoms with van der Waals surface area (Å²) in [6.45, 7) is 0. The van der Waals surface area contributed by atoms with Crippen molar-refractivity contribution in [1.82, 2.24) is 9.97 Å². The average Bonchev–Trinajstić information content (AvgIpc) is 3.30. The van der Waals surface area contributed by atoms with Crippen LogP contribution in [0.1, 0.15) is 22.4 Å². The fourth-order valence-electron chi connectivity index (χ4n) is 8.20. The number of hydrogen-bond donors (Lipinski definition) is 0. The normalized spacial score (nSPS) is 12.4. The molecule has 0 amide bonds. The van der Waals surface area contributed by atoms with Gasteiger partial charge in [0.2, 0.25) is 0 Å². The largest absolute Gasteiger partial charge is 2.00 e. The first kappa shape index (κ1) is 37.5. The number of ether oxygens (including phenoxy) is 1. The summed E-state index contributed by atoms with van der Waals surface area (Å²) in [5, 5.41) is 0. The minimum absolute atomic E-state index is 0. The quantitative estimate of drug-likeness (QED) is 0.135. The summed E-state index contributed by atoms with van der Waals surface area (Å²) in [4.78, 5) is 14.4. The van der Waals surface area contributed by atoms with E-state index in [0.29, 0.717) is 11.5 Å². The Morgan fingerprint density at radius 2 is 1.05 bits per heavy atom. The maximum atomic E-state index is 6.66. The molecule has 59 heavy (non-hydrogen) atoms. The molecule has 6 heteroatoms.